The lowest BCUT2D eigenvalue weighted by Crippen LogP contribution is -2.17. The van der Waals surface area contributed by atoms with E-state index in [-0.39, 0.29) is 5.56 Å². The van der Waals surface area contributed by atoms with Crippen molar-refractivity contribution in [1.82, 2.24) is 25.1 Å². The average Bonchev–Trinajstić information content (AvgIpc) is 3.13. The smallest absolute Gasteiger partial charge is 0.277 e. The van der Waals surface area contributed by atoms with Crippen LogP contribution in [0.1, 0.15) is 18.2 Å². The minimum atomic E-state index is -0.219. The highest BCUT2D eigenvalue weighted by atomic mass is 32.1. The van der Waals surface area contributed by atoms with Crippen molar-refractivity contribution in [3.05, 3.63) is 70.1 Å². The molecular formula is C25H30N6O2S. The van der Waals surface area contributed by atoms with Gasteiger partial charge in [0, 0.05) is 33.4 Å². The van der Waals surface area contributed by atoms with Crippen LogP contribution in [0.25, 0.3) is 22.4 Å². The Hall–Kier alpha value is -3.72. The summed E-state index contributed by atoms with van der Waals surface area (Å²) in [6.45, 7) is 5.07. The predicted molar refractivity (Wildman–Crippen MR) is 142 cm³/mol. The van der Waals surface area contributed by atoms with Crippen LogP contribution < -0.4 is 20.5 Å². The van der Waals surface area contributed by atoms with Crippen LogP contribution in [0, 0.1) is 6.92 Å². The van der Waals surface area contributed by atoms with Gasteiger partial charge in [0.05, 0.1) is 23.4 Å². The molecule has 4 rings (SSSR count). The minimum absolute atomic E-state index is 0.219. The first-order chi connectivity index (χ1) is 16.4. The van der Waals surface area contributed by atoms with Gasteiger partial charge in [0.1, 0.15) is 17.1 Å². The van der Waals surface area contributed by atoms with Gasteiger partial charge in [-0.2, -0.15) is 5.10 Å². The largest absolute Gasteiger partial charge is 0.493 e. The average molecular weight is 479 g/mol. The standard InChI is InChI=1S/C23H25N5O2.C2H5NS/c1-5-30-19-12-11-17(27(3)14-16-9-7-6-8-10-16)13-18(19)22-24-20-15(2)26-28(4)21(20)23(29)25-22;1-3-2-4/h6-13H,5,14H2,1-4H3,(H,24,25,29);2H,1H3,(H,3,4). The number of anilines is 1. The Balaban J connectivity index is 0.000000751. The fourth-order valence-corrected chi connectivity index (χ4v) is 3.64. The van der Waals surface area contributed by atoms with Crippen molar-refractivity contribution in [3.8, 4) is 17.1 Å². The molecule has 178 valence electrons. The molecule has 0 saturated heterocycles. The summed E-state index contributed by atoms with van der Waals surface area (Å²) in [7, 11) is 5.56. The zero-order valence-corrected chi connectivity index (χ0v) is 20.9. The van der Waals surface area contributed by atoms with E-state index in [1.165, 1.54) is 11.1 Å². The van der Waals surface area contributed by atoms with Gasteiger partial charge < -0.3 is 19.9 Å². The van der Waals surface area contributed by atoms with Gasteiger partial charge in [-0.3, -0.25) is 9.48 Å². The molecule has 4 aromatic rings. The van der Waals surface area contributed by atoms with Crippen molar-refractivity contribution in [3.63, 3.8) is 0 Å². The Bertz CT molecular complexity index is 1320. The SMILES string of the molecule is CCOc1ccc(N(C)Cc2ccccc2)cc1-c1nc2c(C)nn(C)c2c(=O)[nH]1.CNC=S. The predicted octanol–water partition coefficient (Wildman–Crippen LogP) is 3.83. The highest BCUT2D eigenvalue weighted by Gasteiger charge is 2.17. The van der Waals surface area contributed by atoms with Gasteiger partial charge >= 0.3 is 0 Å². The molecule has 0 unspecified atom stereocenters. The van der Waals surface area contributed by atoms with Crippen molar-refractivity contribution in [2.75, 3.05) is 25.6 Å². The maximum Gasteiger partial charge on any atom is 0.277 e. The van der Waals surface area contributed by atoms with E-state index < -0.39 is 0 Å². The van der Waals surface area contributed by atoms with Gasteiger partial charge in [0.15, 0.2) is 5.52 Å². The van der Waals surface area contributed by atoms with Gasteiger partial charge in [-0.15, -0.1) is 0 Å². The van der Waals surface area contributed by atoms with Crippen LogP contribution in [-0.2, 0) is 13.6 Å². The normalized spacial score (nSPS) is 10.4. The monoisotopic (exact) mass is 478 g/mol. The number of benzene rings is 2. The maximum absolute atomic E-state index is 12.7. The van der Waals surface area contributed by atoms with Gasteiger partial charge in [0.2, 0.25) is 0 Å². The van der Waals surface area contributed by atoms with Crippen molar-refractivity contribution in [2.24, 2.45) is 7.05 Å². The Morgan fingerprint density at radius 3 is 2.59 bits per heavy atom. The second-order valence-corrected chi connectivity index (χ2v) is 7.92. The molecule has 2 heterocycles. The zero-order chi connectivity index (χ0) is 24.7. The van der Waals surface area contributed by atoms with E-state index in [1.807, 2.05) is 57.3 Å². The number of aromatic amines is 1. The number of aromatic nitrogens is 4. The number of hydrogen-bond donors (Lipinski definition) is 2. The minimum Gasteiger partial charge on any atom is -0.493 e. The highest BCUT2D eigenvalue weighted by molar-refractivity contribution is 7.78. The summed E-state index contributed by atoms with van der Waals surface area (Å²) in [4.78, 5) is 22.5. The summed E-state index contributed by atoms with van der Waals surface area (Å²) in [6.07, 6.45) is 0. The molecule has 2 aromatic carbocycles. The first-order valence-corrected chi connectivity index (χ1v) is 11.4. The first kappa shape index (κ1) is 24.9. The van der Waals surface area contributed by atoms with E-state index in [4.69, 9.17) is 9.72 Å². The molecule has 0 amide bonds. The van der Waals surface area contributed by atoms with Crippen LogP contribution in [0.15, 0.2) is 53.3 Å². The summed E-state index contributed by atoms with van der Waals surface area (Å²) >= 11 is 4.32. The second-order valence-electron chi connectivity index (χ2n) is 7.68. The lowest BCUT2D eigenvalue weighted by atomic mass is 10.1. The maximum atomic E-state index is 12.7. The lowest BCUT2D eigenvalue weighted by Gasteiger charge is -2.21. The summed E-state index contributed by atoms with van der Waals surface area (Å²) in [5.74, 6) is 1.15. The fraction of sp³-hybridized carbons (Fsp3) is 0.280. The van der Waals surface area contributed by atoms with Crippen molar-refractivity contribution in [2.45, 2.75) is 20.4 Å². The Labute approximate surface area is 204 Å². The van der Waals surface area contributed by atoms with Gasteiger partial charge in [0.25, 0.3) is 5.56 Å². The molecule has 2 aromatic heterocycles. The Kier molecular flexibility index (Phi) is 8.37. The zero-order valence-electron chi connectivity index (χ0n) is 20.1. The number of thiocarbonyl (C=S) groups is 1. The van der Waals surface area contributed by atoms with Gasteiger partial charge in [-0.25, -0.2) is 4.98 Å². The van der Waals surface area contributed by atoms with Gasteiger partial charge in [-0.05, 0) is 37.6 Å². The summed E-state index contributed by atoms with van der Waals surface area (Å²) < 4.78 is 7.39. The highest BCUT2D eigenvalue weighted by Crippen LogP contribution is 2.32. The molecule has 0 aliphatic rings. The van der Waals surface area contributed by atoms with Crippen molar-refractivity contribution in [1.29, 1.82) is 0 Å². The number of hydrogen-bond acceptors (Lipinski definition) is 6. The molecule has 0 radical (unpaired) electrons. The van der Waals surface area contributed by atoms with Crippen LogP contribution in [0.2, 0.25) is 0 Å². The molecular weight excluding hydrogens is 448 g/mol. The summed E-state index contributed by atoms with van der Waals surface area (Å²) in [5.41, 5.74) is 5.99. The Morgan fingerprint density at radius 1 is 1.24 bits per heavy atom. The molecule has 34 heavy (non-hydrogen) atoms. The molecule has 8 nitrogen and oxygen atoms in total. The molecule has 0 spiro atoms. The van der Waals surface area contributed by atoms with Crippen LogP contribution in [-0.4, -0.2) is 45.9 Å². The summed E-state index contributed by atoms with van der Waals surface area (Å²) in [5, 5.41) is 6.95. The quantitative estimate of drug-likeness (QED) is 0.390. The molecule has 9 heteroatoms. The molecule has 0 fully saturated rings. The van der Waals surface area contributed by atoms with Crippen LogP contribution in [0.5, 0.6) is 5.75 Å². The van der Waals surface area contributed by atoms with E-state index in [9.17, 15) is 4.79 Å². The molecule has 0 atom stereocenters. The van der Waals surface area contributed by atoms with E-state index >= 15 is 0 Å². The van der Waals surface area contributed by atoms with Crippen LogP contribution in [0.4, 0.5) is 5.69 Å². The van der Waals surface area contributed by atoms with Crippen molar-refractivity contribution >= 4 is 34.4 Å². The number of aryl methyl sites for hydroxylation is 2. The topological polar surface area (TPSA) is 88.1 Å². The van der Waals surface area contributed by atoms with Crippen LogP contribution in [0.3, 0.4) is 0 Å². The number of rotatable bonds is 7. The number of fused-ring (bicyclic) bond motifs is 1. The first-order valence-electron chi connectivity index (χ1n) is 11.0. The molecule has 0 aliphatic heterocycles. The lowest BCUT2D eigenvalue weighted by molar-refractivity contribution is 0.341. The number of ether oxygens (including phenoxy) is 1. The second kappa shape index (κ2) is 11.4. The molecule has 0 saturated carbocycles. The summed E-state index contributed by atoms with van der Waals surface area (Å²) in [6, 6.07) is 16.2. The Morgan fingerprint density at radius 2 is 1.94 bits per heavy atom. The third-order valence-corrected chi connectivity index (χ3v) is 5.44. The fourth-order valence-electron chi connectivity index (χ4n) is 3.64. The van der Waals surface area contributed by atoms with E-state index in [0.717, 1.165) is 23.5 Å². The van der Waals surface area contributed by atoms with Crippen LogP contribution >= 0.6 is 12.2 Å². The van der Waals surface area contributed by atoms with E-state index in [0.29, 0.717) is 29.2 Å². The number of nitrogens with one attached hydrogen (secondary N) is 2. The number of nitrogens with zero attached hydrogens (tertiary/aromatic N) is 4. The van der Waals surface area contributed by atoms with Crippen molar-refractivity contribution < 1.29 is 4.74 Å². The van der Waals surface area contributed by atoms with Gasteiger partial charge in [-0.1, -0.05) is 42.5 Å². The molecule has 0 bridgehead atoms. The third-order valence-electron chi connectivity index (χ3n) is 5.20. The number of H-pyrrole nitrogens is 1. The molecule has 0 aliphatic carbocycles. The van der Waals surface area contributed by atoms with E-state index in [1.54, 1.807) is 18.8 Å². The molecule has 2 N–H and O–H groups in total. The third kappa shape index (κ3) is 5.60. The van der Waals surface area contributed by atoms with E-state index in [2.05, 4.69) is 44.6 Å².